The third-order valence-electron chi connectivity index (χ3n) is 8.58. The lowest BCUT2D eigenvalue weighted by Gasteiger charge is -2.48. The van der Waals surface area contributed by atoms with Gasteiger partial charge in [0.25, 0.3) is 11.8 Å². The summed E-state index contributed by atoms with van der Waals surface area (Å²) in [4.78, 5) is 42.4. The largest absolute Gasteiger partial charge is 0.496 e. The maximum Gasteiger partial charge on any atom is 0.294 e. The molecule has 2 fully saturated rings. The number of carbonyl (C=O) groups is 3. The number of carbonyl (C=O) groups excluding carboxylic acids is 3. The highest BCUT2D eigenvalue weighted by molar-refractivity contribution is 6.06. The molecule has 3 aliphatic rings. The van der Waals surface area contributed by atoms with Crippen LogP contribution in [0.15, 0.2) is 40.8 Å². The van der Waals surface area contributed by atoms with E-state index in [9.17, 15) is 18.8 Å². The molecule has 1 saturated carbocycles. The number of methoxy groups -OCH3 is 2. The molecular formula is C31H34FN3O8. The molecule has 12 heteroatoms. The van der Waals surface area contributed by atoms with Gasteiger partial charge < -0.3 is 38.9 Å². The van der Waals surface area contributed by atoms with Crippen molar-refractivity contribution in [1.29, 1.82) is 0 Å². The van der Waals surface area contributed by atoms with Crippen LogP contribution in [0.3, 0.4) is 0 Å². The lowest BCUT2D eigenvalue weighted by Crippen LogP contribution is -2.66. The summed E-state index contributed by atoms with van der Waals surface area (Å²) in [6.07, 6.45) is 0.986. The lowest BCUT2D eigenvalue weighted by atomic mass is 9.83. The van der Waals surface area contributed by atoms with E-state index >= 15 is 0 Å². The molecule has 2 aromatic carbocycles. The fourth-order valence-corrected chi connectivity index (χ4v) is 5.89. The Hall–Kier alpha value is -4.16. The average Bonchev–Trinajstić information content (AvgIpc) is 3.28. The van der Waals surface area contributed by atoms with E-state index in [2.05, 4.69) is 10.6 Å². The second kappa shape index (κ2) is 10.8. The number of benzene rings is 2. The Morgan fingerprint density at radius 3 is 2.56 bits per heavy atom. The van der Waals surface area contributed by atoms with Crippen molar-refractivity contribution in [3.8, 4) is 11.5 Å². The van der Waals surface area contributed by atoms with Crippen LogP contribution in [0.1, 0.15) is 53.2 Å². The molecule has 0 spiro atoms. The number of furan rings is 1. The van der Waals surface area contributed by atoms with E-state index in [1.807, 2.05) is 6.92 Å². The summed E-state index contributed by atoms with van der Waals surface area (Å²) in [5.41, 5.74) is -1.04. The molecule has 1 unspecified atom stereocenters. The molecule has 0 radical (unpaired) electrons. The van der Waals surface area contributed by atoms with Crippen LogP contribution in [-0.2, 0) is 20.8 Å². The molecule has 1 aliphatic carbocycles. The maximum atomic E-state index is 14.6. The summed E-state index contributed by atoms with van der Waals surface area (Å²) in [5.74, 6) is -1.41. The van der Waals surface area contributed by atoms with Crippen LogP contribution < -0.4 is 20.1 Å². The number of nitrogens with zero attached hydrogens (tertiary/aromatic N) is 1. The smallest absolute Gasteiger partial charge is 0.294 e. The average molecular weight is 596 g/mol. The number of halogens is 1. The Bertz CT molecular complexity index is 1600. The molecule has 1 atom stereocenters. The van der Waals surface area contributed by atoms with Crippen molar-refractivity contribution in [3.63, 3.8) is 0 Å². The Morgan fingerprint density at radius 2 is 1.88 bits per heavy atom. The predicted octanol–water partition coefficient (Wildman–Crippen LogP) is 3.19. The van der Waals surface area contributed by atoms with E-state index in [4.69, 9.17) is 23.4 Å². The van der Waals surface area contributed by atoms with Gasteiger partial charge in [0.05, 0.1) is 37.4 Å². The van der Waals surface area contributed by atoms with E-state index in [-0.39, 0.29) is 48.3 Å². The Balaban J connectivity index is 1.30. The first kappa shape index (κ1) is 28.9. The zero-order valence-corrected chi connectivity index (χ0v) is 24.5. The van der Waals surface area contributed by atoms with E-state index < -0.39 is 28.7 Å². The fourth-order valence-electron chi connectivity index (χ4n) is 5.89. The molecule has 3 amide bonds. The van der Waals surface area contributed by atoms with Gasteiger partial charge in [0, 0.05) is 30.8 Å². The minimum absolute atomic E-state index is 0.0555. The van der Waals surface area contributed by atoms with E-state index in [1.54, 1.807) is 38.3 Å². The second-order valence-electron chi connectivity index (χ2n) is 11.8. The molecule has 1 aromatic heterocycles. The standard InChI is InChI=1S/C31H34FN3O8/c1-30(14-41-15-30)34-27(36)17-8-9-20-24(10-17)43-26-25(20)42-16-31(2,35(28(26)37)18-11-19(12-18)39-3)29(38)33-13-21-22(32)6-5-7-23(21)40-4/h5-10,18-19H,11-16H2,1-4H3,(H,33,38)(H,34,36)/t18-,19+,31?. The van der Waals surface area contributed by atoms with Crippen molar-refractivity contribution in [2.24, 2.45) is 0 Å². The number of ether oxygens (including phenoxy) is 4. The molecular weight excluding hydrogens is 561 g/mol. The number of nitrogens with one attached hydrogen (secondary N) is 2. The molecule has 11 nitrogen and oxygen atoms in total. The molecule has 3 heterocycles. The Labute approximate surface area is 247 Å². The van der Waals surface area contributed by atoms with Crippen molar-refractivity contribution in [2.45, 2.75) is 56.5 Å². The first-order chi connectivity index (χ1) is 20.6. The molecule has 2 aliphatic heterocycles. The highest BCUT2D eigenvalue weighted by Crippen LogP contribution is 2.42. The summed E-state index contributed by atoms with van der Waals surface area (Å²) in [7, 11) is 3.03. The van der Waals surface area contributed by atoms with E-state index in [1.165, 1.54) is 24.1 Å². The van der Waals surface area contributed by atoms with Crippen LogP contribution in [-0.4, -0.2) is 79.9 Å². The SMILES string of the molecule is COc1cccc(F)c1CNC(=O)C1(C)COc2c(oc3cc(C(=O)NC4(C)COC4)ccc23)C(=O)N1[C@H]1C[C@@H](OC)C1. The third-order valence-corrected chi connectivity index (χ3v) is 8.58. The predicted molar refractivity (Wildman–Crippen MR) is 152 cm³/mol. The zero-order valence-electron chi connectivity index (χ0n) is 24.5. The van der Waals surface area contributed by atoms with Gasteiger partial charge in [-0.15, -0.1) is 0 Å². The molecule has 2 N–H and O–H groups in total. The zero-order chi connectivity index (χ0) is 30.5. The molecule has 6 rings (SSSR count). The van der Waals surface area contributed by atoms with Gasteiger partial charge in [-0.2, -0.15) is 0 Å². The summed E-state index contributed by atoms with van der Waals surface area (Å²) >= 11 is 0. The Kier molecular flexibility index (Phi) is 7.29. The van der Waals surface area contributed by atoms with Crippen molar-refractivity contribution >= 4 is 28.7 Å². The van der Waals surface area contributed by atoms with Crippen molar-refractivity contribution in [3.05, 3.63) is 59.1 Å². The quantitative estimate of drug-likeness (QED) is 0.407. The summed E-state index contributed by atoms with van der Waals surface area (Å²) in [6.45, 7) is 4.05. The summed E-state index contributed by atoms with van der Waals surface area (Å²) in [6, 6.07) is 8.96. The number of amides is 3. The van der Waals surface area contributed by atoms with Crippen molar-refractivity contribution in [2.75, 3.05) is 34.0 Å². The lowest BCUT2D eigenvalue weighted by molar-refractivity contribution is -0.138. The minimum Gasteiger partial charge on any atom is -0.496 e. The molecule has 1 saturated heterocycles. The van der Waals surface area contributed by atoms with Gasteiger partial charge in [-0.1, -0.05) is 6.07 Å². The fraction of sp³-hybridized carbons (Fsp3) is 0.452. The van der Waals surface area contributed by atoms with Gasteiger partial charge >= 0.3 is 0 Å². The van der Waals surface area contributed by atoms with Crippen LogP contribution in [0.5, 0.6) is 11.5 Å². The van der Waals surface area contributed by atoms with E-state index in [0.717, 1.165) is 0 Å². The van der Waals surface area contributed by atoms with Gasteiger partial charge in [0.2, 0.25) is 11.7 Å². The number of rotatable bonds is 8. The number of hydrogen-bond acceptors (Lipinski definition) is 8. The van der Waals surface area contributed by atoms with Gasteiger partial charge in [0.1, 0.15) is 23.8 Å². The van der Waals surface area contributed by atoms with Crippen molar-refractivity contribution < 1.29 is 42.1 Å². The second-order valence-corrected chi connectivity index (χ2v) is 11.8. The number of fused-ring (bicyclic) bond motifs is 3. The number of hydrogen-bond donors (Lipinski definition) is 2. The molecule has 3 aromatic rings. The summed E-state index contributed by atoms with van der Waals surface area (Å²) < 4.78 is 42.7. The van der Waals surface area contributed by atoms with Crippen LogP contribution in [0.2, 0.25) is 0 Å². The molecule has 43 heavy (non-hydrogen) atoms. The highest BCUT2D eigenvalue weighted by Gasteiger charge is 2.53. The van der Waals surface area contributed by atoms with Crippen LogP contribution in [0.25, 0.3) is 11.0 Å². The first-order valence-corrected chi connectivity index (χ1v) is 14.1. The minimum atomic E-state index is -1.47. The third kappa shape index (κ3) is 4.98. The normalized spacial score (nSPS) is 24.2. The van der Waals surface area contributed by atoms with Crippen LogP contribution in [0, 0.1) is 5.82 Å². The topological polar surface area (TPSA) is 129 Å². The molecule has 0 bridgehead atoms. The van der Waals surface area contributed by atoms with Crippen molar-refractivity contribution in [1.82, 2.24) is 15.5 Å². The van der Waals surface area contributed by atoms with Gasteiger partial charge in [-0.05, 0) is 57.0 Å². The summed E-state index contributed by atoms with van der Waals surface area (Å²) in [5, 5.41) is 6.25. The monoisotopic (exact) mass is 595 g/mol. The maximum absolute atomic E-state index is 14.6. The van der Waals surface area contributed by atoms with Gasteiger partial charge in [0.15, 0.2) is 11.3 Å². The van der Waals surface area contributed by atoms with E-state index in [0.29, 0.717) is 48.3 Å². The van der Waals surface area contributed by atoms with Crippen LogP contribution >= 0.6 is 0 Å². The van der Waals surface area contributed by atoms with Crippen LogP contribution in [0.4, 0.5) is 4.39 Å². The molecule has 228 valence electrons. The first-order valence-electron chi connectivity index (χ1n) is 14.1. The highest BCUT2D eigenvalue weighted by atomic mass is 19.1. The van der Waals surface area contributed by atoms with Gasteiger partial charge in [-0.25, -0.2) is 4.39 Å². The van der Waals surface area contributed by atoms with Gasteiger partial charge in [-0.3, -0.25) is 14.4 Å². The Morgan fingerprint density at radius 1 is 1.12 bits per heavy atom.